The number of aromatic nitrogens is 1. The highest BCUT2D eigenvalue weighted by atomic mass is 32.1. The number of quaternary nitrogens is 1. The Labute approximate surface area is 116 Å². The summed E-state index contributed by atoms with van der Waals surface area (Å²) < 4.78 is 0. The van der Waals surface area contributed by atoms with Crippen molar-refractivity contribution < 1.29 is 9.69 Å². The maximum Gasteiger partial charge on any atom is 0.243 e. The second-order valence-electron chi connectivity index (χ2n) is 4.36. The molecule has 1 aromatic rings. The van der Waals surface area contributed by atoms with Gasteiger partial charge in [0.2, 0.25) is 5.91 Å². The molecule has 0 saturated heterocycles. The van der Waals surface area contributed by atoms with Gasteiger partial charge in [-0.1, -0.05) is 0 Å². The second kappa shape index (κ2) is 7.51. The van der Waals surface area contributed by atoms with Crippen molar-refractivity contribution in [2.45, 2.75) is 13.3 Å². The molecule has 0 aliphatic rings. The summed E-state index contributed by atoms with van der Waals surface area (Å²) in [6, 6.07) is 2.05. The lowest BCUT2D eigenvalue weighted by atomic mass is 10.3. The van der Waals surface area contributed by atoms with Crippen LogP contribution >= 0.6 is 11.3 Å². The van der Waals surface area contributed by atoms with E-state index in [9.17, 15) is 4.79 Å². The Balaban J connectivity index is 2.47. The Morgan fingerprint density at radius 1 is 1.63 bits per heavy atom. The number of hydrazine groups is 1. The molecule has 1 aromatic heterocycles. The summed E-state index contributed by atoms with van der Waals surface area (Å²) in [4.78, 5) is 16.9. The molecule has 0 aliphatic heterocycles. The van der Waals surface area contributed by atoms with Gasteiger partial charge < -0.3 is 10.3 Å². The zero-order chi connectivity index (χ0) is 14.3. The van der Waals surface area contributed by atoms with Crippen molar-refractivity contribution in [2.24, 2.45) is 0 Å². The van der Waals surface area contributed by atoms with Crippen molar-refractivity contribution >= 4 is 22.8 Å². The third kappa shape index (κ3) is 5.50. The first-order valence-electron chi connectivity index (χ1n) is 5.89. The number of aryl methyl sites for hydroxylation is 1. The van der Waals surface area contributed by atoms with E-state index in [-0.39, 0.29) is 5.91 Å². The van der Waals surface area contributed by atoms with Gasteiger partial charge in [0.1, 0.15) is 16.6 Å². The van der Waals surface area contributed by atoms with Crippen molar-refractivity contribution in [1.29, 1.82) is 5.26 Å². The number of amides is 1. The summed E-state index contributed by atoms with van der Waals surface area (Å²) in [5, 5.41) is 11.5. The summed E-state index contributed by atoms with van der Waals surface area (Å²) >= 11 is 1.40. The zero-order valence-electron chi connectivity index (χ0n) is 11.3. The average molecular weight is 280 g/mol. The van der Waals surface area contributed by atoms with Crippen molar-refractivity contribution in [3.63, 3.8) is 0 Å². The number of nitrogens with one attached hydrogen (secondary N) is 3. The molecule has 0 atom stereocenters. The van der Waals surface area contributed by atoms with Crippen molar-refractivity contribution in [3.05, 3.63) is 22.3 Å². The molecular formula is C12H18N5OS+. The van der Waals surface area contributed by atoms with E-state index >= 15 is 0 Å². The fourth-order valence-corrected chi connectivity index (χ4v) is 2.00. The maximum atomic E-state index is 11.4. The van der Waals surface area contributed by atoms with Crippen LogP contribution < -0.4 is 15.8 Å². The highest BCUT2D eigenvalue weighted by Crippen LogP contribution is 2.17. The maximum absolute atomic E-state index is 11.4. The van der Waals surface area contributed by atoms with E-state index in [4.69, 9.17) is 5.26 Å². The molecule has 7 heteroatoms. The minimum Gasteiger partial charge on any atom is -0.339 e. The van der Waals surface area contributed by atoms with Gasteiger partial charge in [-0.05, 0) is 6.92 Å². The molecule has 0 radical (unpaired) electrons. The van der Waals surface area contributed by atoms with Crippen LogP contribution in [0.5, 0.6) is 0 Å². The minimum absolute atomic E-state index is 0.106. The molecule has 0 bridgehead atoms. The van der Waals surface area contributed by atoms with Crippen LogP contribution in [0.4, 0.5) is 0 Å². The van der Waals surface area contributed by atoms with Crippen LogP contribution in [0.1, 0.15) is 17.1 Å². The van der Waals surface area contributed by atoms with Gasteiger partial charge >= 0.3 is 0 Å². The van der Waals surface area contributed by atoms with Crippen LogP contribution in [0.2, 0.25) is 0 Å². The van der Waals surface area contributed by atoms with Crippen LogP contribution in [0.25, 0.3) is 5.57 Å². The Bertz CT molecular complexity index is 500. The molecule has 3 N–H and O–H groups in total. The lowest BCUT2D eigenvalue weighted by Gasteiger charge is -2.07. The van der Waals surface area contributed by atoms with Gasteiger partial charge in [0, 0.05) is 17.3 Å². The highest BCUT2D eigenvalue weighted by Gasteiger charge is 2.06. The first kappa shape index (κ1) is 15.1. The summed E-state index contributed by atoms with van der Waals surface area (Å²) in [7, 11) is 3.97. The number of rotatable bonds is 6. The summed E-state index contributed by atoms with van der Waals surface area (Å²) in [5.74, 6) is -0.106. The molecule has 1 amide bonds. The topological polar surface area (TPSA) is 82.2 Å². The Morgan fingerprint density at radius 3 is 2.89 bits per heavy atom. The first-order chi connectivity index (χ1) is 9.02. The molecule has 102 valence electrons. The van der Waals surface area contributed by atoms with Gasteiger partial charge in [-0.2, -0.15) is 5.26 Å². The average Bonchev–Trinajstić information content (AvgIpc) is 2.78. The van der Waals surface area contributed by atoms with Crippen molar-refractivity contribution in [2.75, 3.05) is 20.6 Å². The molecule has 19 heavy (non-hydrogen) atoms. The highest BCUT2D eigenvalue weighted by molar-refractivity contribution is 7.10. The molecule has 0 aromatic carbocycles. The number of nitriles is 1. The standard InChI is InChI=1S/C12H17N5OS/c1-9-8-19-12(15-9)10(6-13)7-14-16-11(18)4-5-17(2)3/h7-8,14H,4-5H2,1-3H3,(H,16,18)/p+1/b10-7+. The van der Waals surface area contributed by atoms with Crippen LogP contribution in [-0.4, -0.2) is 31.5 Å². The van der Waals surface area contributed by atoms with Crippen LogP contribution in [0.15, 0.2) is 11.6 Å². The normalized spacial score (nSPS) is 11.2. The van der Waals surface area contributed by atoms with Crippen molar-refractivity contribution in [1.82, 2.24) is 15.8 Å². The number of hydrogen-bond donors (Lipinski definition) is 3. The fourth-order valence-electron chi connectivity index (χ4n) is 1.23. The lowest BCUT2D eigenvalue weighted by Crippen LogP contribution is -3.05. The number of nitrogens with zero attached hydrogens (tertiary/aromatic N) is 2. The predicted molar refractivity (Wildman–Crippen MR) is 74.0 cm³/mol. The third-order valence-electron chi connectivity index (χ3n) is 2.25. The Morgan fingerprint density at radius 2 is 2.37 bits per heavy atom. The number of allylic oxidation sites excluding steroid dienone is 1. The van der Waals surface area contributed by atoms with Gasteiger partial charge in [0.15, 0.2) is 0 Å². The minimum atomic E-state index is -0.106. The van der Waals surface area contributed by atoms with Gasteiger partial charge in [0.25, 0.3) is 0 Å². The quantitative estimate of drug-likeness (QED) is 0.483. The fraction of sp³-hybridized carbons (Fsp3) is 0.417. The predicted octanol–water partition coefficient (Wildman–Crippen LogP) is -0.529. The number of thiazole rings is 1. The zero-order valence-corrected chi connectivity index (χ0v) is 12.1. The van der Waals surface area contributed by atoms with Crippen LogP contribution in [-0.2, 0) is 4.79 Å². The van der Waals surface area contributed by atoms with Crippen molar-refractivity contribution in [3.8, 4) is 6.07 Å². The molecule has 1 heterocycles. The third-order valence-corrected chi connectivity index (χ3v) is 3.24. The van der Waals surface area contributed by atoms with E-state index in [1.165, 1.54) is 22.4 Å². The molecule has 0 spiro atoms. The molecule has 0 saturated carbocycles. The SMILES string of the molecule is Cc1csc(/C(C#N)=C/NNC(=O)CC[NH+](C)C)n1. The molecule has 6 nitrogen and oxygen atoms in total. The summed E-state index contributed by atoms with van der Waals surface area (Å²) in [5.41, 5.74) is 6.44. The largest absolute Gasteiger partial charge is 0.339 e. The van der Waals surface area contributed by atoms with E-state index in [0.29, 0.717) is 17.0 Å². The van der Waals surface area contributed by atoms with E-state index in [2.05, 4.69) is 15.8 Å². The molecule has 0 aliphatic carbocycles. The molecule has 0 fully saturated rings. The Kier molecular flexibility index (Phi) is 5.99. The van der Waals surface area contributed by atoms with E-state index in [0.717, 1.165) is 12.2 Å². The number of hydrogen-bond acceptors (Lipinski definition) is 5. The first-order valence-corrected chi connectivity index (χ1v) is 6.77. The second-order valence-corrected chi connectivity index (χ2v) is 5.22. The monoisotopic (exact) mass is 280 g/mol. The Hall–Kier alpha value is -1.91. The van der Waals surface area contributed by atoms with Gasteiger partial charge in [-0.3, -0.25) is 10.2 Å². The molecular weight excluding hydrogens is 262 g/mol. The van der Waals surface area contributed by atoms with Crippen LogP contribution in [0, 0.1) is 18.3 Å². The number of carbonyl (C=O) groups excluding carboxylic acids is 1. The van der Waals surface area contributed by atoms with Gasteiger partial charge in [-0.25, -0.2) is 4.98 Å². The van der Waals surface area contributed by atoms with E-state index in [1.807, 2.05) is 32.5 Å². The lowest BCUT2D eigenvalue weighted by molar-refractivity contribution is -0.857. The smallest absolute Gasteiger partial charge is 0.243 e. The molecule has 0 unspecified atom stereocenters. The van der Waals surface area contributed by atoms with E-state index < -0.39 is 0 Å². The molecule has 1 rings (SSSR count). The number of carbonyl (C=O) groups is 1. The van der Waals surface area contributed by atoms with Crippen LogP contribution in [0.3, 0.4) is 0 Å². The van der Waals surface area contributed by atoms with Gasteiger partial charge in [-0.15, -0.1) is 11.3 Å². The van der Waals surface area contributed by atoms with Gasteiger partial charge in [0.05, 0.1) is 27.1 Å². The summed E-state index contributed by atoms with van der Waals surface area (Å²) in [6.45, 7) is 2.63. The van der Waals surface area contributed by atoms with E-state index in [1.54, 1.807) is 0 Å². The summed E-state index contributed by atoms with van der Waals surface area (Å²) in [6.07, 6.45) is 1.89.